The molecule has 2 aromatic rings. The van der Waals surface area contributed by atoms with Crippen LogP contribution in [0, 0.1) is 11.8 Å². The van der Waals surface area contributed by atoms with Crippen LogP contribution in [-0.4, -0.2) is 17.7 Å². The lowest BCUT2D eigenvalue weighted by atomic mass is 9.77. The van der Waals surface area contributed by atoms with Gasteiger partial charge in [0.15, 0.2) is 0 Å². The van der Waals surface area contributed by atoms with Crippen molar-refractivity contribution in [3.05, 3.63) is 70.7 Å². The lowest BCUT2D eigenvalue weighted by Crippen LogP contribution is -2.25. The number of benzene rings is 2. The van der Waals surface area contributed by atoms with Crippen molar-refractivity contribution in [2.75, 3.05) is 6.61 Å². The minimum absolute atomic E-state index is 0.174. The molecule has 0 aromatic heterocycles. The number of aliphatic hydroxyl groups excluding tert-OH is 1. The molecule has 1 aliphatic carbocycles. The fourth-order valence-corrected chi connectivity index (χ4v) is 3.78. The van der Waals surface area contributed by atoms with Crippen LogP contribution in [0.15, 0.2) is 54.6 Å². The molecule has 1 N–H and O–H groups in total. The van der Waals surface area contributed by atoms with Crippen molar-refractivity contribution in [3.8, 4) is 0 Å². The Balaban J connectivity index is 1.55. The number of rotatable bonds is 5. The molecule has 3 rings (SSSR count). The molecule has 0 amide bonds. The first kappa shape index (κ1) is 18.0. The standard InChI is InChI=1S/C21H23ClO3/c22-19-11-5-10-18(13-19)20(23)17-9-4-6-15(12-17)14-25-21(24)16-7-2-1-3-8-16/h1-3,5,7-8,10-11,13,15,17,20,23H,4,6,9,12,14H2. The molecule has 0 spiro atoms. The molecule has 3 unspecified atom stereocenters. The third-order valence-electron chi connectivity index (χ3n) is 4.92. The number of hydrogen-bond acceptors (Lipinski definition) is 3. The quantitative estimate of drug-likeness (QED) is 0.762. The van der Waals surface area contributed by atoms with E-state index >= 15 is 0 Å². The Bertz CT molecular complexity index is 701. The van der Waals surface area contributed by atoms with Gasteiger partial charge < -0.3 is 9.84 Å². The molecule has 0 saturated heterocycles. The molecule has 3 atom stereocenters. The summed E-state index contributed by atoms with van der Waals surface area (Å²) in [5.74, 6) is 0.186. The monoisotopic (exact) mass is 358 g/mol. The van der Waals surface area contributed by atoms with E-state index < -0.39 is 6.10 Å². The fourth-order valence-electron chi connectivity index (χ4n) is 3.58. The zero-order chi connectivity index (χ0) is 17.6. The molecule has 1 aliphatic rings. The second-order valence-electron chi connectivity index (χ2n) is 6.76. The molecule has 3 nitrogen and oxygen atoms in total. The minimum atomic E-state index is -0.522. The average molecular weight is 359 g/mol. The molecular formula is C21H23ClO3. The maximum absolute atomic E-state index is 12.1. The molecule has 0 bridgehead atoms. The van der Waals surface area contributed by atoms with E-state index in [1.165, 1.54) is 0 Å². The number of carbonyl (C=O) groups excluding carboxylic acids is 1. The third-order valence-corrected chi connectivity index (χ3v) is 5.15. The van der Waals surface area contributed by atoms with Gasteiger partial charge in [-0.3, -0.25) is 0 Å². The second kappa shape index (κ2) is 8.50. The fraction of sp³-hybridized carbons (Fsp3) is 0.381. The van der Waals surface area contributed by atoms with Gasteiger partial charge in [0, 0.05) is 5.02 Å². The molecule has 132 valence electrons. The summed E-state index contributed by atoms with van der Waals surface area (Å²) >= 11 is 6.03. The van der Waals surface area contributed by atoms with E-state index in [1.54, 1.807) is 12.1 Å². The van der Waals surface area contributed by atoms with Gasteiger partial charge in [-0.2, -0.15) is 0 Å². The van der Waals surface area contributed by atoms with Crippen molar-refractivity contribution in [2.24, 2.45) is 11.8 Å². The smallest absolute Gasteiger partial charge is 0.338 e. The van der Waals surface area contributed by atoms with Gasteiger partial charge in [0.1, 0.15) is 0 Å². The number of aliphatic hydroxyl groups is 1. The molecule has 0 heterocycles. The Hall–Kier alpha value is -1.84. The summed E-state index contributed by atoms with van der Waals surface area (Å²) in [6, 6.07) is 16.5. The topological polar surface area (TPSA) is 46.5 Å². The van der Waals surface area contributed by atoms with Crippen molar-refractivity contribution >= 4 is 17.6 Å². The van der Waals surface area contributed by atoms with E-state index in [4.69, 9.17) is 16.3 Å². The van der Waals surface area contributed by atoms with Gasteiger partial charge in [0.2, 0.25) is 0 Å². The van der Waals surface area contributed by atoms with Gasteiger partial charge in [-0.25, -0.2) is 4.79 Å². The number of hydrogen-bond donors (Lipinski definition) is 1. The Morgan fingerprint density at radius 1 is 1.16 bits per heavy atom. The predicted molar refractivity (Wildman–Crippen MR) is 98.6 cm³/mol. The van der Waals surface area contributed by atoms with Crippen LogP contribution < -0.4 is 0 Å². The summed E-state index contributed by atoms with van der Waals surface area (Å²) in [6.45, 7) is 0.409. The average Bonchev–Trinajstić information content (AvgIpc) is 2.66. The Kier molecular flexibility index (Phi) is 6.11. The van der Waals surface area contributed by atoms with Gasteiger partial charge in [0.25, 0.3) is 0 Å². The van der Waals surface area contributed by atoms with Crippen molar-refractivity contribution in [1.82, 2.24) is 0 Å². The Morgan fingerprint density at radius 3 is 2.72 bits per heavy atom. The molecular weight excluding hydrogens is 336 g/mol. The Morgan fingerprint density at radius 2 is 1.96 bits per heavy atom. The Labute approximate surface area is 153 Å². The molecule has 1 saturated carbocycles. The molecule has 0 aliphatic heterocycles. The minimum Gasteiger partial charge on any atom is -0.462 e. The summed E-state index contributed by atoms with van der Waals surface area (Å²) in [7, 11) is 0. The van der Waals surface area contributed by atoms with Crippen LogP contribution >= 0.6 is 11.6 Å². The van der Waals surface area contributed by atoms with E-state index in [1.807, 2.05) is 42.5 Å². The van der Waals surface area contributed by atoms with Crippen molar-refractivity contribution in [3.63, 3.8) is 0 Å². The van der Waals surface area contributed by atoms with Crippen LogP contribution in [0.3, 0.4) is 0 Å². The van der Waals surface area contributed by atoms with Crippen LogP contribution in [0.4, 0.5) is 0 Å². The van der Waals surface area contributed by atoms with Crippen LogP contribution in [0.2, 0.25) is 5.02 Å². The summed E-state index contributed by atoms with van der Waals surface area (Å²) in [4.78, 5) is 12.1. The molecule has 2 aromatic carbocycles. The molecule has 4 heteroatoms. The number of ether oxygens (including phenoxy) is 1. The second-order valence-corrected chi connectivity index (χ2v) is 7.19. The summed E-state index contributed by atoms with van der Waals surface area (Å²) in [5, 5.41) is 11.3. The van der Waals surface area contributed by atoms with Crippen molar-refractivity contribution in [1.29, 1.82) is 0 Å². The summed E-state index contributed by atoms with van der Waals surface area (Å²) < 4.78 is 5.48. The number of esters is 1. The van der Waals surface area contributed by atoms with E-state index in [-0.39, 0.29) is 11.9 Å². The van der Waals surface area contributed by atoms with E-state index in [2.05, 4.69) is 0 Å². The van der Waals surface area contributed by atoms with Crippen LogP contribution in [0.25, 0.3) is 0 Å². The predicted octanol–water partition coefficient (Wildman–Crippen LogP) is 5.04. The number of carbonyl (C=O) groups is 1. The zero-order valence-electron chi connectivity index (χ0n) is 14.1. The van der Waals surface area contributed by atoms with E-state index in [9.17, 15) is 9.90 Å². The van der Waals surface area contributed by atoms with Gasteiger partial charge in [-0.05, 0) is 60.9 Å². The van der Waals surface area contributed by atoms with Gasteiger partial charge >= 0.3 is 5.97 Å². The highest BCUT2D eigenvalue weighted by Gasteiger charge is 2.29. The molecule has 25 heavy (non-hydrogen) atoms. The lowest BCUT2D eigenvalue weighted by Gasteiger charge is -2.32. The van der Waals surface area contributed by atoms with Crippen LogP contribution in [0.1, 0.15) is 47.7 Å². The SMILES string of the molecule is O=C(OCC1CCCC(C(O)c2cccc(Cl)c2)C1)c1ccccc1. The first-order chi connectivity index (χ1) is 12.1. The van der Waals surface area contributed by atoms with Gasteiger partial charge in [-0.15, -0.1) is 0 Å². The lowest BCUT2D eigenvalue weighted by molar-refractivity contribution is 0.0262. The van der Waals surface area contributed by atoms with Crippen molar-refractivity contribution < 1.29 is 14.6 Å². The van der Waals surface area contributed by atoms with E-state index in [0.29, 0.717) is 23.1 Å². The first-order valence-corrected chi connectivity index (χ1v) is 9.17. The van der Waals surface area contributed by atoms with Gasteiger partial charge in [-0.1, -0.05) is 48.4 Å². The third kappa shape index (κ3) is 4.83. The molecule has 0 radical (unpaired) electrons. The maximum Gasteiger partial charge on any atom is 0.338 e. The normalized spacial score (nSPS) is 21.5. The van der Waals surface area contributed by atoms with Crippen molar-refractivity contribution in [2.45, 2.75) is 31.8 Å². The van der Waals surface area contributed by atoms with Crippen LogP contribution in [0.5, 0.6) is 0 Å². The summed E-state index contributed by atoms with van der Waals surface area (Å²) in [5.41, 5.74) is 1.44. The maximum atomic E-state index is 12.1. The van der Waals surface area contributed by atoms with E-state index in [0.717, 1.165) is 31.2 Å². The highest BCUT2D eigenvalue weighted by molar-refractivity contribution is 6.30. The van der Waals surface area contributed by atoms with Gasteiger partial charge in [0.05, 0.1) is 18.3 Å². The largest absolute Gasteiger partial charge is 0.462 e. The zero-order valence-corrected chi connectivity index (χ0v) is 14.9. The first-order valence-electron chi connectivity index (χ1n) is 8.79. The highest BCUT2D eigenvalue weighted by Crippen LogP contribution is 2.37. The summed E-state index contributed by atoms with van der Waals surface area (Å²) in [6.07, 6.45) is 3.38. The highest BCUT2D eigenvalue weighted by atomic mass is 35.5. The van der Waals surface area contributed by atoms with Crippen LogP contribution in [-0.2, 0) is 4.74 Å². The molecule has 1 fully saturated rings. The number of halogens is 1.